The van der Waals surface area contributed by atoms with Crippen molar-refractivity contribution in [1.29, 1.82) is 0 Å². The van der Waals surface area contributed by atoms with Gasteiger partial charge >= 0.3 is 12.0 Å². The molecule has 1 saturated carbocycles. The number of aliphatic carboxylic acids is 1. The van der Waals surface area contributed by atoms with Crippen molar-refractivity contribution >= 4 is 12.0 Å². The largest absolute Gasteiger partial charge is 0.481 e. The first-order chi connectivity index (χ1) is 10.0. The molecule has 0 aromatic heterocycles. The number of urea groups is 1. The zero-order valence-electron chi connectivity index (χ0n) is 13.3. The zero-order valence-corrected chi connectivity index (χ0v) is 13.3. The van der Waals surface area contributed by atoms with Gasteiger partial charge in [-0.2, -0.15) is 0 Å². The molecule has 5 heteroatoms. The molecule has 5 nitrogen and oxygen atoms in total. The van der Waals surface area contributed by atoms with Crippen LogP contribution in [0.4, 0.5) is 4.79 Å². The minimum atomic E-state index is -0.779. The monoisotopic (exact) mass is 296 g/mol. The van der Waals surface area contributed by atoms with E-state index in [2.05, 4.69) is 6.92 Å². The summed E-state index contributed by atoms with van der Waals surface area (Å²) in [6.07, 6.45) is 7.28. The fraction of sp³-hybridized carbons (Fsp3) is 0.875. The number of carbonyl (C=O) groups is 2. The molecule has 0 bridgehead atoms. The highest BCUT2D eigenvalue weighted by Gasteiger charge is 2.32. The number of nitrogens with zero attached hydrogens (tertiary/aromatic N) is 2. The maximum atomic E-state index is 12.6. The molecule has 0 radical (unpaired) electrons. The van der Waals surface area contributed by atoms with Crippen molar-refractivity contribution in [3.63, 3.8) is 0 Å². The Bertz CT molecular complexity index is 378. The van der Waals surface area contributed by atoms with E-state index < -0.39 is 11.9 Å². The maximum absolute atomic E-state index is 12.6. The van der Waals surface area contributed by atoms with E-state index in [1.807, 2.05) is 11.9 Å². The maximum Gasteiger partial charge on any atom is 0.320 e. The molecule has 0 aromatic rings. The minimum Gasteiger partial charge on any atom is -0.481 e. The van der Waals surface area contributed by atoms with Crippen LogP contribution < -0.4 is 0 Å². The third kappa shape index (κ3) is 3.89. The van der Waals surface area contributed by atoms with Gasteiger partial charge in [0.15, 0.2) is 0 Å². The first-order valence-electron chi connectivity index (χ1n) is 8.27. The van der Waals surface area contributed by atoms with Crippen LogP contribution in [0.3, 0.4) is 0 Å². The Kier molecular flexibility index (Phi) is 5.48. The lowest BCUT2D eigenvalue weighted by Gasteiger charge is -2.39. The highest BCUT2D eigenvalue weighted by atomic mass is 16.4. The molecule has 120 valence electrons. The van der Waals surface area contributed by atoms with Crippen LogP contribution in [-0.2, 0) is 4.79 Å². The fourth-order valence-corrected chi connectivity index (χ4v) is 3.67. The summed E-state index contributed by atoms with van der Waals surface area (Å²) < 4.78 is 0. The molecule has 2 aliphatic rings. The standard InChI is InChI=1S/C16H28N2O3/c1-3-12-6-8-14(9-7-12)17(2)16(21)18-10-4-5-13(11-18)15(19)20/h12-14H,3-11H2,1-2H3,(H,19,20). The molecular weight excluding hydrogens is 268 g/mol. The first-order valence-corrected chi connectivity index (χ1v) is 8.27. The number of amides is 2. The fourth-order valence-electron chi connectivity index (χ4n) is 3.67. The molecule has 0 aromatic carbocycles. The Morgan fingerprint density at radius 1 is 1.19 bits per heavy atom. The first kappa shape index (κ1) is 16.1. The summed E-state index contributed by atoms with van der Waals surface area (Å²) in [4.78, 5) is 27.3. The van der Waals surface area contributed by atoms with Crippen LogP contribution in [0.25, 0.3) is 0 Å². The Morgan fingerprint density at radius 2 is 1.86 bits per heavy atom. The molecule has 1 saturated heterocycles. The minimum absolute atomic E-state index is 0.0147. The smallest absolute Gasteiger partial charge is 0.320 e. The highest BCUT2D eigenvalue weighted by molar-refractivity contribution is 5.76. The topological polar surface area (TPSA) is 60.9 Å². The number of likely N-dealkylation sites (tertiary alicyclic amines) is 1. The molecule has 2 fully saturated rings. The second-order valence-corrected chi connectivity index (χ2v) is 6.60. The summed E-state index contributed by atoms with van der Waals surface area (Å²) in [6, 6.07) is 0.339. The van der Waals surface area contributed by atoms with E-state index in [9.17, 15) is 9.59 Å². The average molecular weight is 296 g/mol. The lowest BCUT2D eigenvalue weighted by Crippen LogP contribution is -2.51. The molecule has 1 heterocycles. The summed E-state index contributed by atoms with van der Waals surface area (Å²) in [5.41, 5.74) is 0. The van der Waals surface area contributed by atoms with E-state index in [1.165, 1.54) is 19.3 Å². The van der Waals surface area contributed by atoms with Gasteiger partial charge in [-0.1, -0.05) is 13.3 Å². The SMILES string of the molecule is CCC1CCC(N(C)C(=O)N2CCCC(C(=O)O)C2)CC1. The summed E-state index contributed by atoms with van der Waals surface area (Å²) in [5, 5.41) is 9.13. The summed E-state index contributed by atoms with van der Waals surface area (Å²) >= 11 is 0. The van der Waals surface area contributed by atoms with Crippen molar-refractivity contribution in [3.05, 3.63) is 0 Å². The Morgan fingerprint density at radius 3 is 2.43 bits per heavy atom. The van der Waals surface area contributed by atoms with Gasteiger partial charge in [0.1, 0.15) is 0 Å². The van der Waals surface area contributed by atoms with Gasteiger partial charge in [-0.25, -0.2) is 4.79 Å². The number of hydrogen-bond donors (Lipinski definition) is 1. The van der Waals surface area contributed by atoms with Crippen molar-refractivity contribution in [2.24, 2.45) is 11.8 Å². The molecule has 1 aliphatic carbocycles. The van der Waals surface area contributed by atoms with Gasteiger partial charge in [0.05, 0.1) is 5.92 Å². The van der Waals surface area contributed by atoms with Crippen molar-refractivity contribution < 1.29 is 14.7 Å². The summed E-state index contributed by atoms with van der Waals surface area (Å²) in [6.45, 7) is 3.29. The third-order valence-electron chi connectivity index (χ3n) is 5.28. The quantitative estimate of drug-likeness (QED) is 0.871. The van der Waals surface area contributed by atoms with E-state index in [1.54, 1.807) is 4.90 Å². The van der Waals surface area contributed by atoms with E-state index in [4.69, 9.17) is 5.11 Å². The van der Waals surface area contributed by atoms with Crippen LogP contribution in [0.5, 0.6) is 0 Å². The van der Waals surface area contributed by atoms with Gasteiger partial charge in [0.25, 0.3) is 0 Å². The molecule has 1 aliphatic heterocycles. The Hall–Kier alpha value is -1.26. The van der Waals surface area contributed by atoms with E-state index >= 15 is 0 Å². The molecule has 1 atom stereocenters. The lowest BCUT2D eigenvalue weighted by molar-refractivity contribution is -0.143. The van der Waals surface area contributed by atoms with Crippen LogP contribution in [0.1, 0.15) is 51.9 Å². The van der Waals surface area contributed by atoms with Crippen molar-refractivity contribution in [3.8, 4) is 0 Å². The van der Waals surface area contributed by atoms with Crippen LogP contribution in [0, 0.1) is 11.8 Å². The Balaban J connectivity index is 1.88. The van der Waals surface area contributed by atoms with E-state index in [-0.39, 0.29) is 6.03 Å². The van der Waals surface area contributed by atoms with Gasteiger partial charge < -0.3 is 14.9 Å². The Labute approximate surface area is 127 Å². The van der Waals surface area contributed by atoms with Crippen molar-refractivity contribution in [1.82, 2.24) is 9.80 Å². The number of rotatable bonds is 3. The van der Waals surface area contributed by atoms with Gasteiger partial charge in [-0.05, 0) is 44.4 Å². The predicted molar refractivity (Wildman–Crippen MR) is 81.1 cm³/mol. The number of carbonyl (C=O) groups excluding carboxylic acids is 1. The lowest BCUT2D eigenvalue weighted by atomic mass is 9.84. The van der Waals surface area contributed by atoms with Gasteiger partial charge in [-0.15, -0.1) is 0 Å². The molecule has 1 unspecified atom stereocenters. The normalized spacial score (nSPS) is 30.0. The van der Waals surface area contributed by atoms with Crippen LogP contribution in [0.15, 0.2) is 0 Å². The van der Waals surface area contributed by atoms with Gasteiger partial charge in [0, 0.05) is 26.2 Å². The van der Waals surface area contributed by atoms with Gasteiger partial charge in [0.2, 0.25) is 0 Å². The van der Waals surface area contributed by atoms with Crippen molar-refractivity contribution in [2.45, 2.75) is 57.9 Å². The second-order valence-electron chi connectivity index (χ2n) is 6.60. The molecule has 21 heavy (non-hydrogen) atoms. The molecular formula is C16H28N2O3. The molecule has 2 amide bonds. The number of carboxylic acids is 1. The molecule has 0 spiro atoms. The van der Waals surface area contributed by atoms with Crippen LogP contribution in [-0.4, -0.2) is 53.1 Å². The predicted octanol–water partition coefficient (Wildman–Crippen LogP) is 2.80. The average Bonchev–Trinajstić information content (AvgIpc) is 2.53. The van der Waals surface area contributed by atoms with Crippen LogP contribution in [0.2, 0.25) is 0 Å². The number of piperidine rings is 1. The number of hydrogen-bond acceptors (Lipinski definition) is 2. The molecule has 1 N–H and O–H groups in total. The zero-order chi connectivity index (χ0) is 15.4. The van der Waals surface area contributed by atoms with E-state index in [0.717, 1.165) is 25.2 Å². The summed E-state index contributed by atoms with van der Waals surface area (Å²) in [5.74, 6) is -0.360. The highest BCUT2D eigenvalue weighted by Crippen LogP contribution is 2.29. The van der Waals surface area contributed by atoms with Gasteiger partial charge in [-0.3, -0.25) is 4.79 Å². The number of carboxylic acid groups (broad SMARTS) is 1. The van der Waals surface area contributed by atoms with Crippen molar-refractivity contribution in [2.75, 3.05) is 20.1 Å². The van der Waals surface area contributed by atoms with E-state index in [0.29, 0.717) is 25.6 Å². The second kappa shape index (κ2) is 7.14. The molecule has 2 rings (SSSR count). The van der Waals surface area contributed by atoms with Crippen LogP contribution >= 0.6 is 0 Å². The third-order valence-corrected chi connectivity index (χ3v) is 5.28. The summed E-state index contributed by atoms with van der Waals surface area (Å²) in [7, 11) is 1.88.